The quantitative estimate of drug-likeness (QED) is 0.574. The van der Waals surface area contributed by atoms with E-state index in [9.17, 15) is 4.39 Å². The molecule has 0 amide bonds. The molecule has 2 aliphatic rings. The molecule has 24 heavy (non-hydrogen) atoms. The summed E-state index contributed by atoms with van der Waals surface area (Å²) in [7, 11) is 0. The Morgan fingerprint density at radius 2 is 1.88 bits per heavy atom. The molecule has 0 radical (unpaired) electrons. The fraction of sp³-hybridized carbons (Fsp3) is 0.619. The van der Waals surface area contributed by atoms with E-state index in [4.69, 9.17) is 16.3 Å². The number of rotatable bonds is 4. The topological polar surface area (TPSA) is 9.23 Å². The predicted molar refractivity (Wildman–Crippen MR) is 99.0 cm³/mol. The molecule has 1 atom stereocenters. The van der Waals surface area contributed by atoms with Crippen LogP contribution in [-0.4, -0.2) is 6.61 Å². The summed E-state index contributed by atoms with van der Waals surface area (Å²) in [5.74, 6) is 2.65. The maximum atomic E-state index is 14.6. The van der Waals surface area contributed by atoms with E-state index in [1.165, 1.54) is 32.1 Å². The molecule has 1 aromatic carbocycles. The second-order valence-electron chi connectivity index (χ2n) is 7.46. The molecule has 0 bridgehead atoms. The van der Waals surface area contributed by atoms with Gasteiger partial charge >= 0.3 is 0 Å². The van der Waals surface area contributed by atoms with Gasteiger partial charge in [0.05, 0.1) is 6.61 Å². The van der Waals surface area contributed by atoms with E-state index in [-0.39, 0.29) is 10.8 Å². The van der Waals surface area contributed by atoms with Crippen LogP contribution < -0.4 is 4.74 Å². The summed E-state index contributed by atoms with van der Waals surface area (Å²) in [5.41, 5.74) is 1.76. The highest BCUT2D eigenvalue weighted by Crippen LogP contribution is 2.42. The zero-order chi connectivity index (χ0) is 17.1. The molecule has 0 aromatic heterocycles. The first-order chi connectivity index (χ1) is 11.6. The van der Waals surface area contributed by atoms with Crippen LogP contribution in [-0.2, 0) is 0 Å². The van der Waals surface area contributed by atoms with Gasteiger partial charge in [-0.1, -0.05) is 37.4 Å². The Kier molecular flexibility index (Phi) is 5.86. The van der Waals surface area contributed by atoms with Crippen LogP contribution in [0.25, 0.3) is 5.57 Å². The van der Waals surface area contributed by atoms with Gasteiger partial charge in [0.1, 0.15) is 10.8 Å². The second kappa shape index (κ2) is 7.91. The Morgan fingerprint density at radius 3 is 2.50 bits per heavy atom. The monoisotopic (exact) mass is 350 g/mol. The molecule has 0 N–H and O–H groups in total. The van der Waals surface area contributed by atoms with Crippen molar-refractivity contribution in [1.82, 2.24) is 0 Å². The lowest BCUT2D eigenvalue weighted by Gasteiger charge is -2.34. The Labute approximate surface area is 150 Å². The first-order valence-corrected chi connectivity index (χ1v) is 9.78. The van der Waals surface area contributed by atoms with Crippen LogP contribution in [0.1, 0.15) is 64.4 Å². The average molecular weight is 351 g/mol. The van der Waals surface area contributed by atoms with E-state index >= 15 is 0 Å². The summed E-state index contributed by atoms with van der Waals surface area (Å²) in [6, 6.07) is 3.61. The first kappa shape index (κ1) is 17.8. The van der Waals surface area contributed by atoms with Crippen molar-refractivity contribution in [3.8, 4) is 5.75 Å². The highest BCUT2D eigenvalue weighted by Gasteiger charge is 2.28. The van der Waals surface area contributed by atoms with Gasteiger partial charge in [-0.15, -0.1) is 0 Å². The third-order valence-electron chi connectivity index (χ3n) is 5.87. The standard InChI is InChI=1S/C21H28ClFO/c1-3-24-19-13-12-18(21(23)20(19)22)17-10-8-16(9-11-17)15-6-4-14(2)5-7-15/h10,12-16H,3-9,11H2,1-2H3. The molecule has 0 saturated heterocycles. The van der Waals surface area contributed by atoms with Crippen molar-refractivity contribution in [2.45, 2.75) is 58.8 Å². The lowest BCUT2D eigenvalue weighted by atomic mass is 9.71. The molecule has 0 aliphatic heterocycles. The molecule has 2 aliphatic carbocycles. The van der Waals surface area contributed by atoms with E-state index in [0.717, 1.165) is 36.2 Å². The van der Waals surface area contributed by atoms with Crippen molar-refractivity contribution < 1.29 is 9.13 Å². The molecule has 0 spiro atoms. The number of hydrogen-bond donors (Lipinski definition) is 0. The molecule has 3 rings (SSSR count). The summed E-state index contributed by atoms with van der Waals surface area (Å²) in [6.07, 6.45) is 11.0. The van der Waals surface area contributed by atoms with Gasteiger partial charge in [0.2, 0.25) is 0 Å². The number of halogens is 2. The van der Waals surface area contributed by atoms with Gasteiger partial charge in [0.25, 0.3) is 0 Å². The van der Waals surface area contributed by atoms with Crippen molar-refractivity contribution >= 4 is 17.2 Å². The van der Waals surface area contributed by atoms with Crippen molar-refractivity contribution in [3.63, 3.8) is 0 Å². The highest BCUT2D eigenvalue weighted by atomic mass is 35.5. The molecule has 1 aromatic rings. The summed E-state index contributed by atoms with van der Waals surface area (Å²) >= 11 is 6.13. The maximum absolute atomic E-state index is 14.6. The summed E-state index contributed by atoms with van der Waals surface area (Å²) < 4.78 is 20.0. The SMILES string of the molecule is CCOc1ccc(C2=CCC(C3CCC(C)CC3)CC2)c(F)c1Cl. The molecular formula is C21H28ClFO. The van der Waals surface area contributed by atoms with Gasteiger partial charge in [-0.2, -0.15) is 0 Å². The van der Waals surface area contributed by atoms with Crippen LogP contribution in [0.5, 0.6) is 5.75 Å². The maximum Gasteiger partial charge on any atom is 0.153 e. The summed E-state index contributed by atoms with van der Waals surface area (Å²) in [4.78, 5) is 0. The van der Waals surface area contributed by atoms with Gasteiger partial charge in [-0.3, -0.25) is 0 Å². The van der Waals surface area contributed by atoms with E-state index in [1.54, 1.807) is 6.07 Å². The predicted octanol–water partition coefficient (Wildman–Crippen LogP) is 6.89. The van der Waals surface area contributed by atoms with Crippen LogP contribution >= 0.6 is 11.6 Å². The number of benzene rings is 1. The number of allylic oxidation sites excluding steroid dienone is 2. The molecule has 1 fully saturated rings. The van der Waals surface area contributed by atoms with E-state index in [2.05, 4.69) is 13.0 Å². The Hall–Kier alpha value is -1.02. The summed E-state index contributed by atoms with van der Waals surface area (Å²) in [6.45, 7) is 4.73. The third kappa shape index (κ3) is 3.79. The number of hydrogen-bond acceptors (Lipinski definition) is 1. The fourth-order valence-electron chi connectivity index (χ4n) is 4.33. The van der Waals surface area contributed by atoms with Gasteiger partial charge in [-0.25, -0.2) is 4.39 Å². The lowest BCUT2D eigenvalue weighted by Crippen LogP contribution is -2.22. The van der Waals surface area contributed by atoms with Gasteiger partial charge in [-0.05, 0) is 74.5 Å². The molecule has 0 heterocycles. The lowest BCUT2D eigenvalue weighted by molar-refractivity contribution is 0.202. The van der Waals surface area contributed by atoms with Crippen molar-refractivity contribution in [1.29, 1.82) is 0 Å². The smallest absolute Gasteiger partial charge is 0.153 e. The Morgan fingerprint density at radius 1 is 1.12 bits per heavy atom. The molecule has 3 heteroatoms. The first-order valence-electron chi connectivity index (χ1n) is 9.40. The Balaban J connectivity index is 1.70. The average Bonchev–Trinajstić information content (AvgIpc) is 2.60. The third-order valence-corrected chi connectivity index (χ3v) is 6.22. The second-order valence-corrected chi connectivity index (χ2v) is 7.83. The molecule has 1 nitrogen and oxygen atoms in total. The largest absolute Gasteiger partial charge is 0.492 e. The highest BCUT2D eigenvalue weighted by molar-refractivity contribution is 6.32. The zero-order valence-electron chi connectivity index (χ0n) is 14.8. The van der Waals surface area contributed by atoms with Gasteiger partial charge < -0.3 is 4.74 Å². The van der Waals surface area contributed by atoms with Crippen LogP contribution in [0.2, 0.25) is 5.02 Å². The minimum absolute atomic E-state index is 0.110. The molecule has 1 unspecified atom stereocenters. The fourth-order valence-corrected chi connectivity index (χ4v) is 4.55. The summed E-state index contributed by atoms with van der Waals surface area (Å²) in [5, 5.41) is 0.110. The van der Waals surface area contributed by atoms with Gasteiger partial charge in [0, 0.05) is 5.56 Å². The van der Waals surface area contributed by atoms with Crippen LogP contribution in [0.3, 0.4) is 0 Å². The van der Waals surface area contributed by atoms with E-state index in [1.807, 2.05) is 13.0 Å². The number of ether oxygens (including phenoxy) is 1. The van der Waals surface area contributed by atoms with Crippen LogP contribution in [0.15, 0.2) is 18.2 Å². The normalized spacial score (nSPS) is 27.7. The minimum Gasteiger partial charge on any atom is -0.492 e. The van der Waals surface area contributed by atoms with Gasteiger partial charge in [0.15, 0.2) is 5.82 Å². The van der Waals surface area contributed by atoms with Crippen molar-refractivity contribution in [2.75, 3.05) is 6.61 Å². The van der Waals surface area contributed by atoms with Crippen molar-refractivity contribution in [3.05, 3.63) is 34.6 Å². The minimum atomic E-state index is -0.334. The zero-order valence-corrected chi connectivity index (χ0v) is 15.5. The van der Waals surface area contributed by atoms with Crippen LogP contribution in [0.4, 0.5) is 4.39 Å². The molecule has 132 valence electrons. The van der Waals surface area contributed by atoms with E-state index in [0.29, 0.717) is 17.9 Å². The van der Waals surface area contributed by atoms with Crippen LogP contribution in [0, 0.1) is 23.6 Å². The Bertz CT molecular complexity index is 602. The molecular weight excluding hydrogens is 323 g/mol. The molecule has 1 saturated carbocycles. The van der Waals surface area contributed by atoms with Crippen molar-refractivity contribution in [2.24, 2.45) is 17.8 Å². The van der Waals surface area contributed by atoms with E-state index < -0.39 is 0 Å².